The maximum absolute atomic E-state index is 12.5. The molecule has 1 heterocycles. The van der Waals surface area contributed by atoms with E-state index < -0.39 is 5.91 Å². The molecule has 3 aromatic rings. The van der Waals surface area contributed by atoms with E-state index in [2.05, 4.69) is 15.8 Å². The largest absolute Gasteiger partial charge is 0.491 e. The van der Waals surface area contributed by atoms with E-state index in [0.717, 1.165) is 11.3 Å². The molecule has 0 radical (unpaired) electrons. The van der Waals surface area contributed by atoms with E-state index in [1.54, 1.807) is 42.6 Å². The molecule has 3 rings (SSSR count). The Bertz CT molecular complexity index is 996. The molecule has 0 saturated heterocycles. The summed E-state index contributed by atoms with van der Waals surface area (Å²) < 4.78 is 5.59. The molecule has 0 atom stereocenters. The fourth-order valence-corrected chi connectivity index (χ4v) is 3.13. The van der Waals surface area contributed by atoms with Gasteiger partial charge in [-0.1, -0.05) is 18.2 Å². The third kappa shape index (κ3) is 5.76. The summed E-state index contributed by atoms with van der Waals surface area (Å²) in [6.45, 7) is 3.93. The summed E-state index contributed by atoms with van der Waals surface area (Å²) >= 11 is 1.34. The topological polar surface area (TPSA) is 79.8 Å². The van der Waals surface area contributed by atoms with E-state index in [-0.39, 0.29) is 12.0 Å². The predicted molar refractivity (Wildman–Crippen MR) is 116 cm³/mol. The van der Waals surface area contributed by atoms with Crippen molar-refractivity contribution < 1.29 is 14.3 Å². The van der Waals surface area contributed by atoms with Gasteiger partial charge in [-0.3, -0.25) is 9.59 Å². The molecule has 29 heavy (non-hydrogen) atoms. The first-order valence-electron chi connectivity index (χ1n) is 9.07. The zero-order valence-electron chi connectivity index (χ0n) is 16.1. The van der Waals surface area contributed by atoms with Crippen molar-refractivity contribution in [3.8, 4) is 5.75 Å². The summed E-state index contributed by atoms with van der Waals surface area (Å²) in [7, 11) is 0. The van der Waals surface area contributed by atoms with Gasteiger partial charge in [0.25, 0.3) is 11.8 Å². The number of anilines is 1. The number of amides is 2. The summed E-state index contributed by atoms with van der Waals surface area (Å²) in [5.41, 5.74) is 4.07. The van der Waals surface area contributed by atoms with Crippen LogP contribution in [0.1, 0.15) is 39.4 Å². The van der Waals surface area contributed by atoms with Gasteiger partial charge in [0.2, 0.25) is 0 Å². The third-order valence-electron chi connectivity index (χ3n) is 3.80. The molecule has 0 aliphatic heterocycles. The molecule has 0 spiro atoms. The summed E-state index contributed by atoms with van der Waals surface area (Å²) in [5.74, 6) is 0.104. The van der Waals surface area contributed by atoms with Gasteiger partial charge >= 0.3 is 0 Å². The first-order valence-corrected chi connectivity index (χ1v) is 9.95. The van der Waals surface area contributed by atoms with Gasteiger partial charge in [0.05, 0.1) is 28.4 Å². The number of benzene rings is 2. The van der Waals surface area contributed by atoms with Crippen LogP contribution >= 0.6 is 11.3 Å². The summed E-state index contributed by atoms with van der Waals surface area (Å²) in [5, 5.41) is 8.59. The SMILES string of the molecule is CC(C)Oc1ccc(/C=N/NC(=O)c2ccccc2NC(=O)c2cccs2)cc1. The van der Waals surface area contributed by atoms with Crippen molar-refractivity contribution in [1.82, 2.24) is 5.43 Å². The van der Waals surface area contributed by atoms with Crippen molar-refractivity contribution in [3.05, 3.63) is 82.0 Å². The Hall–Kier alpha value is -3.45. The van der Waals surface area contributed by atoms with Crippen molar-refractivity contribution in [1.29, 1.82) is 0 Å². The van der Waals surface area contributed by atoms with Gasteiger partial charge in [0.1, 0.15) is 5.75 Å². The average molecular weight is 407 g/mol. The molecule has 2 amide bonds. The number of hydrogen-bond acceptors (Lipinski definition) is 5. The second kappa shape index (κ2) is 9.66. The fraction of sp³-hybridized carbons (Fsp3) is 0.136. The van der Waals surface area contributed by atoms with E-state index in [4.69, 9.17) is 4.74 Å². The predicted octanol–water partition coefficient (Wildman–Crippen LogP) is 4.55. The standard InChI is InChI=1S/C22H21N3O3S/c1-15(2)28-17-11-9-16(10-12-17)14-23-25-21(26)18-6-3-4-7-19(18)24-22(27)20-8-5-13-29-20/h3-15H,1-2H3,(H,24,27)(H,25,26)/b23-14+. The van der Waals surface area contributed by atoms with Crippen LogP contribution in [0.3, 0.4) is 0 Å². The van der Waals surface area contributed by atoms with E-state index in [9.17, 15) is 9.59 Å². The van der Waals surface area contributed by atoms with Crippen LogP contribution in [0.15, 0.2) is 71.1 Å². The van der Waals surface area contributed by atoms with Gasteiger partial charge in [0, 0.05) is 0 Å². The lowest BCUT2D eigenvalue weighted by Gasteiger charge is -2.09. The number of rotatable bonds is 7. The lowest BCUT2D eigenvalue weighted by atomic mass is 10.1. The van der Waals surface area contributed by atoms with Gasteiger partial charge < -0.3 is 10.1 Å². The van der Waals surface area contributed by atoms with Crippen LogP contribution in [0.4, 0.5) is 5.69 Å². The normalized spacial score (nSPS) is 10.9. The number of nitrogens with one attached hydrogen (secondary N) is 2. The number of para-hydroxylation sites is 1. The molecular formula is C22H21N3O3S. The molecule has 148 valence electrons. The van der Waals surface area contributed by atoms with Crippen molar-refractivity contribution in [2.75, 3.05) is 5.32 Å². The molecule has 0 unspecified atom stereocenters. The summed E-state index contributed by atoms with van der Waals surface area (Å²) in [4.78, 5) is 25.3. The first kappa shape index (κ1) is 20.3. The Morgan fingerprint density at radius 2 is 1.76 bits per heavy atom. The zero-order valence-corrected chi connectivity index (χ0v) is 16.9. The smallest absolute Gasteiger partial charge is 0.273 e. The van der Waals surface area contributed by atoms with Crippen molar-refractivity contribution in [2.45, 2.75) is 20.0 Å². The van der Waals surface area contributed by atoms with E-state index in [0.29, 0.717) is 16.1 Å². The van der Waals surface area contributed by atoms with Crippen molar-refractivity contribution in [3.63, 3.8) is 0 Å². The molecule has 0 saturated carbocycles. The van der Waals surface area contributed by atoms with Crippen LogP contribution in [0, 0.1) is 0 Å². The second-order valence-electron chi connectivity index (χ2n) is 6.41. The highest BCUT2D eigenvalue weighted by Gasteiger charge is 2.14. The number of nitrogens with zero attached hydrogens (tertiary/aromatic N) is 1. The number of thiophene rings is 1. The maximum Gasteiger partial charge on any atom is 0.273 e. The Morgan fingerprint density at radius 1 is 1.00 bits per heavy atom. The molecule has 0 aliphatic rings. The van der Waals surface area contributed by atoms with Gasteiger partial charge in [-0.2, -0.15) is 5.10 Å². The molecule has 1 aromatic heterocycles. The minimum atomic E-state index is -0.414. The Labute approximate surface area is 173 Å². The van der Waals surface area contributed by atoms with E-state index in [1.807, 2.05) is 43.5 Å². The number of carbonyl (C=O) groups excluding carboxylic acids is 2. The zero-order chi connectivity index (χ0) is 20.6. The Morgan fingerprint density at radius 3 is 2.45 bits per heavy atom. The molecule has 0 bridgehead atoms. The number of hydrogen-bond donors (Lipinski definition) is 2. The van der Waals surface area contributed by atoms with Crippen LogP contribution in [0.2, 0.25) is 0 Å². The van der Waals surface area contributed by atoms with Gasteiger partial charge in [-0.25, -0.2) is 5.43 Å². The van der Waals surface area contributed by atoms with Crippen LogP contribution in [0.25, 0.3) is 0 Å². The average Bonchev–Trinajstić information content (AvgIpc) is 3.24. The fourth-order valence-electron chi connectivity index (χ4n) is 2.51. The van der Waals surface area contributed by atoms with Gasteiger partial charge in [-0.05, 0) is 67.3 Å². The number of hydrazone groups is 1. The molecular weight excluding hydrogens is 386 g/mol. The van der Waals surface area contributed by atoms with Crippen molar-refractivity contribution in [2.24, 2.45) is 5.10 Å². The van der Waals surface area contributed by atoms with Gasteiger partial charge in [-0.15, -0.1) is 11.3 Å². The highest BCUT2D eigenvalue weighted by atomic mass is 32.1. The second-order valence-corrected chi connectivity index (χ2v) is 7.36. The highest BCUT2D eigenvalue weighted by molar-refractivity contribution is 7.12. The van der Waals surface area contributed by atoms with Crippen molar-refractivity contribution >= 4 is 35.1 Å². The van der Waals surface area contributed by atoms with Crippen LogP contribution < -0.4 is 15.5 Å². The lowest BCUT2D eigenvalue weighted by molar-refractivity contribution is 0.0956. The van der Waals surface area contributed by atoms with Gasteiger partial charge in [0.15, 0.2) is 0 Å². The molecule has 2 aromatic carbocycles. The third-order valence-corrected chi connectivity index (χ3v) is 4.67. The molecule has 0 fully saturated rings. The molecule has 0 aliphatic carbocycles. The summed E-state index contributed by atoms with van der Waals surface area (Å²) in [6, 6.07) is 17.7. The van der Waals surface area contributed by atoms with E-state index in [1.165, 1.54) is 11.3 Å². The monoisotopic (exact) mass is 407 g/mol. The first-order chi connectivity index (χ1) is 14.0. The molecule has 7 heteroatoms. The highest BCUT2D eigenvalue weighted by Crippen LogP contribution is 2.18. The number of ether oxygens (including phenoxy) is 1. The lowest BCUT2D eigenvalue weighted by Crippen LogP contribution is -2.21. The van der Waals surface area contributed by atoms with Crippen LogP contribution in [-0.2, 0) is 0 Å². The molecule has 6 nitrogen and oxygen atoms in total. The quantitative estimate of drug-likeness (QED) is 0.445. The minimum absolute atomic E-state index is 0.106. The Balaban J connectivity index is 1.63. The Kier molecular flexibility index (Phi) is 6.76. The minimum Gasteiger partial charge on any atom is -0.491 e. The molecule has 2 N–H and O–H groups in total. The van der Waals surface area contributed by atoms with Crippen LogP contribution in [-0.4, -0.2) is 24.1 Å². The summed E-state index contributed by atoms with van der Waals surface area (Å²) in [6.07, 6.45) is 1.65. The van der Waals surface area contributed by atoms with Crippen LogP contribution in [0.5, 0.6) is 5.75 Å². The number of carbonyl (C=O) groups is 2. The van der Waals surface area contributed by atoms with E-state index >= 15 is 0 Å². The maximum atomic E-state index is 12.5.